The van der Waals surface area contributed by atoms with E-state index in [2.05, 4.69) is 0 Å². The van der Waals surface area contributed by atoms with E-state index >= 15 is 0 Å². The number of Topliss-reactive ketones (excluding diaryl/α,β-unsaturated/α-hetero) is 1. The first-order valence-electron chi connectivity index (χ1n) is 8.38. The highest BCUT2D eigenvalue weighted by Gasteiger charge is 2.56. The number of hydrogen-bond acceptors (Lipinski definition) is 4. The highest BCUT2D eigenvalue weighted by Crippen LogP contribution is 2.54. The quantitative estimate of drug-likeness (QED) is 0.779. The van der Waals surface area contributed by atoms with Gasteiger partial charge in [-0.25, -0.2) is 0 Å². The Morgan fingerprint density at radius 2 is 2.04 bits per heavy atom. The molecule has 0 saturated heterocycles. The number of benzene rings is 1. The number of phenolic OH excluding ortho intramolecular Hbond substituents is 1. The number of aromatic hydroxyl groups is 1. The summed E-state index contributed by atoms with van der Waals surface area (Å²) >= 11 is 0. The molecule has 0 bridgehead atoms. The monoisotopic (exact) mass is 320 g/mol. The third kappa shape index (κ3) is 2.68. The van der Waals surface area contributed by atoms with Crippen LogP contribution in [0.1, 0.15) is 56.7 Å². The average molecular weight is 320 g/mol. The molecule has 1 aliphatic rings. The molecule has 1 aliphatic carbocycles. The molecule has 0 radical (unpaired) electrons. The molecule has 23 heavy (non-hydrogen) atoms. The van der Waals surface area contributed by atoms with Crippen LogP contribution in [0.3, 0.4) is 0 Å². The predicted molar refractivity (Wildman–Crippen MR) is 89.6 cm³/mol. The van der Waals surface area contributed by atoms with Crippen LogP contribution in [0.5, 0.6) is 5.75 Å². The number of aliphatic hydroxyl groups is 2. The van der Waals surface area contributed by atoms with Crippen LogP contribution in [0.25, 0.3) is 0 Å². The Hall–Kier alpha value is -1.39. The normalized spacial score (nSPS) is 30.1. The number of fused-ring (bicyclic) bond motifs is 1. The van der Waals surface area contributed by atoms with Crippen molar-refractivity contribution in [3.05, 3.63) is 28.8 Å². The van der Waals surface area contributed by atoms with Crippen LogP contribution in [0.4, 0.5) is 0 Å². The van der Waals surface area contributed by atoms with E-state index in [0.717, 1.165) is 11.1 Å². The zero-order valence-electron chi connectivity index (χ0n) is 14.5. The summed E-state index contributed by atoms with van der Waals surface area (Å²) in [4.78, 5) is 12.3. The predicted octanol–water partition coefficient (Wildman–Crippen LogP) is 2.63. The minimum Gasteiger partial charge on any atom is -0.507 e. The van der Waals surface area contributed by atoms with Gasteiger partial charge in [0.15, 0.2) is 0 Å². The van der Waals surface area contributed by atoms with Gasteiger partial charge in [-0.05, 0) is 43.7 Å². The summed E-state index contributed by atoms with van der Waals surface area (Å²) in [6, 6.07) is 3.84. The van der Waals surface area contributed by atoms with E-state index in [1.807, 2.05) is 26.0 Å². The Bertz CT molecular complexity index is 606. The molecule has 2 rings (SSSR count). The van der Waals surface area contributed by atoms with Crippen molar-refractivity contribution in [2.24, 2.45) is 5.92 Å². The molecule has 4 nitrogen and oxygen atoms in total. The van der Waals surface area contributed by atoms with Crippen LogP contribution >= 0.6 is 0 Å². The number of aryl methyl sites for hydroxylation is 1. The lowest BCUT2D eigenvalue weighted by atomic mass is 9.53. The zero-order valence-corrected chi connectivity index (χ0v) is 14.5. The van der Waals surface area contributed by atoms with E-state index in [9.17, 15) is 20.1 Å². The fourth-order valence-electron chi connectivity index (χ4n) is 4.08. The summed E-state index contributed by atoms with van der Waals surface area (Å²) in [5.74, 6) is 0.0972. The van der Waals surface area contributed by atoms with Crippen molar-refractivity contribution in [1.29, 1.82) is 0 Å². The maximum atomic E-state index is 12.3. The van der Waals surface area contributed by atoms with Gasteiger partial charge in [-0.1, -0.05) is 26.0 Å². The Kier molecular flexibility index (Phi) is 4.88. The second kappa shape index (κ2) is 6.25. The fourth-order valence-corrected chi connectivity index (χ4v) is 4.08. The number of carbonyl (C=O) groups excluding carboxylic acids is 1. The molecule has 0 spiro atoms. The molecule has 4 heteroatoms. The van der Waals surface area contributed by atoms with Crippen molar-refractivity contribution in [2.45, 2.75) is 64.4 Å². The average Bonchev–Trinajstić information content (AvgIpc) is 2.49. The van der Waals surface area contributed by atoms with Gasteiger partial charge in [0, 0.05) is 30.4 Å². The maximum Gasteiger partial charge on any atom is 0.133 e. The Labute approximate surface area is 138 Å². The molecule has 3 atom stereocenters. The minimum atomic E-state index is -1.18. The highest BCUT2D eigenvalue weighted by molar-refractivity contribution is 5.80. The van der Waals surface area contributed by atoms with Crippen LogP contribution in [-0.4, -0.2) is 33.3 Å². The van der Waals surface area contributed by atoms with E-state index < -0.39 is 11.0 Å². The van der Waals surface area contributed by atoms with E-state index in [4.69, 9.17) is 0 Å². The van der Waals surface area contributed by atoms with Crippen LogP contribution in [0.2, 0.25) is 0 Å². The van der Waals surface area contributed by atoms with Crippen molar-refractivity contribution >= 4 is 5.78 Å². The van der Waals surface area contributed by atoms with Gasteiger partial charge in [-0.3, -0.25) is 4.79 Å². The first-order chi connectivity index (χ1) is 10.7. The summed E-state index contributed by atoms with van der Waals surface area (Å²) in [6.45, 7) is 7.16. The van der Waals surface area contributed by atoms with Crippen molar-refractivity contribution in [2.75, 3.05) is 6.61 Å². The van der Waals surface area contributed by atoms with Gasteiger partial charge in [-0.2, -0.15) is 0 Å². The van der Waals surface area contributed by atoms with Gasteiger partial charge in [0.1, 0.15) is 11.5 Å². The van der Waals surface area contributed by atoms with Gasteiger partial charge in [0.05, 0.1) is 5.60 Å². The summed E-state index contributed by atoms with van der Waals surface area (Å²) in [7, 11) is 0. The third-order valence-electron chi connectivity index (χ3n) is 5.83. The number of ketones is 1. The molecule has 1 aromatic carbocycles. The topological polar surface area (TPSA) is 77.8 Å². The molecule has 128 valence electrons. The van der Waals surface area contributed by atoms with Crippen molar-refractivity contribution in [3.63, 3.8) is 0 Å². The SMILES string of the molecule is CCC(=O)C[C@]1(CCO)c2c(ccc(C)c2O)CC(C)C1(C)O. The minimum absolute atomic E-state index is 0.0275. The Morgan fingerprint density at radius 3 is 2.61 bits per heavy atom. The van der Waals surface area contributed by atoms with Crippen LogP contribution < -0.4 is 0 Å². The molecule has 0 saturated carbocycles. The number of rotatable bonds is 5. The lowest BCUT2D eigenvalue weighted by Crippen LogP contribution is -2.58. The van der Waals surface area contributed by atoms with Gasteiger partial charge < -0.3 is 15.3 Å². The molecule has 0 aromatic heterocycles. The summed E-state index contributed by atoms with van der Waals surface area (Å²) in [6.07, 6.45) is 1.40. The molecule has 2 unspecified atom stereocenters. The molecule has 0 fully saturated rings. The molecule has 0 amide bonds. The maximum absolute atomic E-state index is 12.3. The summed E-state index contributed by atoms with van der Waals surface area (Å²) in [5, 5.41) is 31.7. The Morgan fingerprint density at radius 1 is 1.39 bits per heavy atom. The first kappa shape index (κ1) is 18.0. The zero-order chi connectivity index (χ0) is 17.4. The Balaban J connectivity index is 2.78. The number of aliphatic hydroxyl groups excluding tert-OH is 1. The van der Waals surface area contributed by atoms with Gasteiger partial charge in [0.2, 0.25) is 0 Å². The fraction of sp³-hybridized carbons (Fsp3) is 0.632. The van der Waals surface area contributed by atoms with Crippen molar-refractivity contribution < 1.29 is 20.1 Å². The van der Waals surface area contributed by atoms with Gasteiger partial charge in [-0.15, -0.1) is 0 Å². The first-order valence-corrected chi connectivity index (χ1v) is 8.38. The van der Waals surface area contributed by atoms with E-state index in [1.54, 1.807) is 13.8 Å². The molecular formula is C19H28O4. The molecule has 0 aliphatic heterocycles. The lowest BCUT2D eigenvalue weighted by molar-refractivity contribution is -0.129. The van der Waals surface area contributed by atoms with Gasteiger partial charge >= 0.3 is 0 Å². The molecule has 1 aromatic rings. The standard InChI is InChI=1S/C19H28O4/c1-5-15(21)11-19(8-9-20)16-14(7-6-12(2)17(16)22)10-13(3)18(19,4)23/h6-7,13,20,22-23H,5,8-11H2,1-4H3/t13?,18?,19-/m1/s1. The summed E-state index contributed by atoms with van der Waals surface area (Å²) in [5.41, 5.74) is 0.192. The second-order valence-corrected chi connectivity index (χ2v) is 7.14. The number of hydrogen-bond donors (Lipinski definition) is 3. The van der Waals surface area contributed by atoms with E-state index in [1.165, 1.54) is 0 Å². The summed E-state index contributed by atoms with van der Waals surface area (Å²) < 4.78 is 0. The van der Waals surface area contributed by atoms with Crippen molar-refractivity contribution in [1.82, 2.24) is 0 Å². The largest absolute Gasteiger partial charge is 0.507 e. The second-order valence-electron chi connectivity index (χ2n) is 7.14. The molecule has 3 N–H and O–H groups in total. The number of carbonyl (C=O) groups is 1. The molecule has 0 heterocycles. The van der Waals surface area contributed by atoms with Crippen LogP contribution in [-0.2, 0) is 16.6 Å². The number of phenols is 1. The van der Waals surface area contributed by atoms with Gasteiger partial charge in [0.25, 0.3) is 0 Å². The van der Waals surface area contributed by atoms with E-state index in [-0.39, 0.29) is 36.9 Å². The molecular weight excluding hydrogens is 292 g/mol. The smallest absolute Gasteiger partial charge is 0.133 e. The lowest BCUT2D eigenvalue weighted by Gasteiger charge is -2.53. The van der Waals surface area contributed by atoms with Crippen molar-refractivity contribution in [3.8, 4) is 5.75 Å². The van der Waals surface area contributed by atoms with E-state index in [0.29, 0.717) is 18.4 Å². The third-order valence-corrected chi connectivity index (χ3v) is 5.83. The highest BCUT2D eigenvalue weighted by atomic mass is 16.3. The van der Waals surface area contributed by atoms with Crippen LogP contribution in [0, 0.1) is 12.8 Å². The van der Waals surface area contributed by atoms with Crippen LogP contribution in [0.15, 0.2) is 12.1 Å².